The number of nitrogens with two attached hydrogens (primary N) is 1. The van der Waals surface area contributed by atoms with Crippen LogP contribution in [0.25, 0.3) is 0 Å². The monoisotopic (exact) mass is 295 g/mol. The van der Waals surface area contributed by atoms with Crippen molar-refractivity contribution in [3.8, 4) is 0 Å². The Morgan fingerprint density at radius 2 is 2.25 bits per heavy atom. The highest BCUT2D eigenvalue weighted by Gasteiger charge is 2.20. The summed E-state index contributed by atoms with van der Waals surface area (Å²) in [6.45, 7) is 2.37. The van der Waals surface area contributed by atoms with Crippen molar-refractivity contribution in [1.29, 1.82) is 0 Å². The van der Waals surface area contributed by atoms with Gasteiger partial charge < -0.3 is 15.7 Å². The van der Waals surface area contributed by atoms with Crippen LogP contribution in [0.4, 0.5) is 15.8 Å². The van der Waals surface area contributed by atoms with E-state index in [1.807, 2.05) is 6.92 Å². The third kappa shape index (κ3) is 2.57. The van der Waals surface area contributed by atoms with E-state index in [1.165, 1.54) is 23.5 Å². The van der Waals surface area contributed by atoms with Crippen LogP contribution in [0.15, 0.2) is 17.6 Å². The molecule has 0 radical (unpaired) electrons. The van der Waals surface area contributed by atoms with Crippen molar-refractivity contribution in [3.05, 3.63) is 39.6 Å². The first kappa shape index (κ1) is 14.3. The largest absolute Gasteiger partial charge is 0.478 e. The molecule has 0 saturated carbocycles. The van der Waals surface area contributed by atoms with Crippen molar-refractivity contribution < 1.29 is 14.3 Å². The zero-order chi connectivity index (χ0) is 14.9. The smallest absolute Gasteiger partial charge is 0.340 e. The lowest BCUT2D eigenvalue weighted by molar-refractivity contribution is 0.0698. The predicted molar refractivity (Wildman–Crippen MR) is 76.7 cm³/mol. The Kier molecular flexibility index (Phi) is 3.89. The third-order valence-electron chi connectivity index (χ3n) is 3.02. The Labute approximate surface area is 119 Å². The highest BCUT2D eigenvalue weighted by molar-refractivity contribution is 7.09. The van der Waals surface area contributed by atoms with Crippen molar-refractivity contribution in [2.75, 3.05) is 17.7 Å². The molecule has 2 aromatic rings. The van der Waals surface area contributed by atoms with Crippen LogP contribution in [0.2, 0.25) is 0 Å². The van der Waals surface area contributed by atoms with E-state index in [-0.39, 0.29) is 11.3 Å². The standard InChI is InChI=1S/C13H14FN3O2S/c1-7-10(20-6-16-7)5-17(2)9-4-3-8(14)12(15)11(9)13(18)19/h3-4,6H,5,15H2,1-2H3,(H,18,19). The molecule has 1 heterocycles. The topological polar surface area (TPSA) is 79.5 Å². The maximum atomic E-state index is 13.4. The lowest BCUT2D eigenvalue weighted by Gasteiger charge is -2.21. The minimum Gasteiger partial charge on any atom is -0.478 e. The van der Waals surface area contributed by atoms with Gasteiger partial charge in [0.2, 0.25) is 0 Å². The fourth-order valence-corrected chi connectivity index (χ4v) is 2.73. The van der Waals surface area contributed by atoms with E-state index >= 15 is 0 Å². The molecule has 0 amide bonds. The van der Waals surface area contributed by atoms with Gasteiger partial charge in [0, 0.05) is 11.9 Å². The quantitative estimate of drug-likeness (QED) is 0.847. The fourth-order valence-electron chi connectivity index (χ4n) is 1.90. The van der Waals surface area contributed by atoms with Crippen molar-refractivity contribution >= 4 is 28.7 Å². The lowest BCUT2D eigenvalue weighted by Crippen LogP contribution is -2.20. The molecule has 0 saturated heterocycles. The second kappa shape index (κ2) is 5.46. The van der Waals surface area contributed by atoms with Gasteiger partial charge in [-0.05, 0) is 19.1 Å². The van der Waals surface area contributed by atoms with E-state index in [4.69, 9.17) is 5.73 Å². The molecule has 0 fully saturated rings. The van der Waals surface area contributed by atoms with Crippen LogP contribution in [0, 0.1) is 12.7 Å². The summed E-state index contributed by atoms with van der Waals surface area (Å²) in [4.78, 5) is 18.2. The number of rotatable bonds is 4. The number of nitrogen functional groups attached to an aromatic ring is 1. The summed E-state index contributed by atoms with van der Waals surface area (Å²) >= 11 is 1.49. The number of carboxylic acid groups (broad SMARTS) is 1. The molecule has 0 aliphatic heterocycles. The molecular formula is C13H14FN3O2S. The number of benzene rings is 1. The van der Waals surface area contributed by atoms with E-state index in [1.54, 1.807) is 17.5 Å². The number of hydrogen-bond donors (Lipinski definition) is 2. The SMILES string of the molecule is Cc1ncsc1CN(C)c1ccc(F)c(N)c1C(=O)O. The Hall–Kier alpha value is -2.15. The maximum absolute atomic E-state index is 13.4. The number of aromatic carboxylic acids is 1. The highest BCUT2D eigenvalue weighted by atomic mass is 32.1. The van der Waals surface area contributed by atoms with Gasteiger partial charge in [-0.1, -0.05) is 0 Å². The molecule has 0 bridgehead atoms. The first-order valence-corrected chi connectivity index (χ1v) is 6.71. The summed E-state index contributed by atoms with van der Waals surface area (Å²) in [5.41, 5.74) is 7.98. The fraction of sp³-hybridized carbons (Fsp3) is 0.231. The Bertz CT molecular complexity index is 657. The summed E-state index contributed by atoms with van der Waals surface area (Å²) in [7, 11) is 1.73. The number of nitrogens with zero attached hydrogens (tertiary/aromatic N) is 2. The molecule has 1 aromatic heterocycles. The minimum absolute atomic E-state index is 0.213. The first-order chi connectivity index (χ1) is 9.41. The normalized spacial score (nSPS) is 10.6. The summed E-state index contributed by atoms with van der Waals surface area (Å²) in [6.07, 6.45) is 0. The van der Waals surface area contributed by atoms with Crippen molar-refractivity contribution in [1.82, 2.24) is 4.98 Å². The van der Waals surface area contributed by atoms with Crippen LogP contribution in [0.3, 0.4) is 0 Å². The van der Waals surface area contributed by atoms with E-state index in [0.717, 1.165) is 10.6 Å². The highest BCUT2D eigenvalue weighted by Crippen LogP contribution is 2.29. The van der Waals surface area contributed by atoms with Gasteiger partial charge in [0.05, 0.1) is 29.1 Å². The molecule has 0 atom stereocenters. The van der Waals surface area contributed by atoms with Crippen LogP contribution < -0.4 is 10.6 Å². The van der Waals surface area contributed by atoms with E-state index in [9.17, 15) is 14.3 Å². The van der Waals surface area contributed by atoms with Gasteiger partial charge in [-0.3, -0.25) is 0 Å². The second-order valence-electron chi connectivity index (χ2n) is 4.38. The predicted octanol–water partition coefficient (Wildman–Crippen LogP) is 2.51. The number of carboxylic acids is 1. The lowest BCUT2D eigenvalue weighted by atomic mass is 10.1. The number of aryl methyl sites for hydroxylation is 1. The zero-order valence-corrected chi connectivity index (χ0v) is 11.9. The van der Waals surface area contributed by atoms with E-state index in [2.05, 4.69) is 4.98 Å². The van der Waals surface area contributed by atoms with Gasteiger partial charge in [0.1, 0.15) is 11.4 Å². The second-order valence-corrected chi connectivity index (χ2v) is 5.32. The zero-order valence-electron chi connectivity index (χ0n) is 11.1. The number of thiazole rings is 1. The molecule has 5 nitrogen and oxygen atoms in total. The summed E-state index contributed by atoms with van der Waals surface area (Å²) in [5.74, 6) is -1.97. The van der Waals surface area contributed by atoms with Crippen LogP contribution in [-0.2, 0) is 6.54 Å². The Morgan fingerprint density at radius 1 is 1.55 bits per heavy atom. The molecule has 0 aliphatic rings. The van der Waals surface area contributed by atoms with Crippen LogP contribution >= 0.6 is 11.3 Å². The van der Waals surface area contributed by atoms with E-state index in [0.29, 0.717) is 12.2 Å². The summed E-state index contributed by atoms with van der Waals surface area (Å²) in [6, 6.07) is 2.60. The number of anilines is 2. The van der Waals surface area contributed by atoms with Gasteiger partial charge in [-0.2, -0.15) is 0 Å². The van der Waals surface area contributed by atoms with Crippen LogP contribution in [0.1, 0.15) is 20.9 Å². The molecule has 0 aliphatic carbocycles. The summed E-state index contributed by atoms with van der Waals surface area (Å²) in [5, 5.41) is 9.22. The minimum atomic E-state index is -1.25. The van der Waals surface area contributed by atoms with Gasteiger partial charge in [-0.25, -0.2) is 14.2 Å². The van der Waals surface area contributed by atoms with Gasteiger partial charge in [0.25, 0.3) is 0 Å². The van der Waals surface area contributed by atoms with E-state index < -0.39 is 11.8 Å². The van der Waals surface area contributed by atoms with Crippen LogP contribution in [-0.4, -0.2) is 23.1 Å². The molecule has 0 spiro atoms. The van der Waals surface area contributed by atoms with Gasteiger partial charge >= 0.3 is 5.97 Å². The van der Waals surface area contributed by atoms with Crippen molar-refractivity contribution in [2.45, 2.75) is 13.5 Å². The maximum Gasteiger partial charge on any atom is 0.340 e. The Balaban J connectivity index is 2.39. The van der Waals surface area contributed by atoms with Crippen molar-refractivity contribution in [2.24, 2.45) is 0 Å². The molecule has 7 heteroatoms. The summed E-state index contributed by atoms with van der Waals surface area (Å²) < 4.78 is 13.4. The van der Waals surface area contributed by atoms with Gasteiger partial charge in [0.15, 0.2) is 0 Å². The first-order valence-electron chi connectivity index (χ1n) is 5.83. The molecule has 1 aromatic carbocycles. The average molecular weight is 295 g/mol. The number of aromatic nitrogens is 1. The van der Waals surface area contributed by atoms with Crippen molar-refractivity contribution in [3.63, 3.8) is 0 Å². The molecule has 106 valence electrons. The third-order valence-corrected chi connectivity index (χ3v) is 3.94. The van der Waals surface area contributed by atoms with Gasteiger partial charge in [-0.15, -0.1) is 11.3 Å². The molecular weight excluding hydrogens is 281 g/mol. The number of carbonyl (C=O) groups is 1. The molecule has 0 unspecified atom stereocenters. The molecule has 2 rings (SSSR count). The number of halogens is 1. The molecule has 20 heavy (non-hydrogen) atoms. The Morgan fingerprint density at radius 3 is 2.80 bits per heavy atom. The molecule has 3 N–H and O–H groups in total. The number of hydrogen-bond acceptors (Lipinski definition) is 5. The average Bonchev–Trinajstić information content (AvgIpc) is 2.77. The van der Waals surface area contributed by atoms with Crippen LogP contribution in [0.5, 0.6) is 0 Å².